The van der Waals surface area contributed by atoms with Gasteiger partial charge in [-0.05, 0) is 18.6 Å². The van der Waals surface area contributed by atoms with E-state index < -0.39 is 17.7 Å². The van der Waals surface area contributed by atoms with E-state index in [9.17, 15) is 9.59 Å². The Hall–Kier alpha value is -2.30. The quantitative estimate of drug-likeness (QED) is 0.348. The van der Waals surface area contributed by atoms with Crippen LogP contribution in [0.2, 0.25) is 0 Å². The van der Waals surface area contributed by atoms with Crippen molar-refractivity contribution in [1.82, 2.24) is 0 Å². The first kappa shape index (κ1) is 17.1. The predicted molar refractivity (Wildman–Crippen MR) is 85.7 cm³/mol. The molecule has 124 valence electrons. The van der Waals surface area contributed by atoms with Crippen LogP contribution in [0.25, 0.3) is 6.08 Å². The summed E-state index contributed by atoms with van der Waals surface area (Å²) in [6.45, 7) is 5.75. The molecule has 0 saturated carbocycles. The van der Waals surface area contributed by atoms with Crippen molar-refractivity contribution >= 4 is 18.0 Å². The van der Waals surface area contributed by atoms with Crippen LogP contribution in [0.4, 0.5) is 0 Å². The summed E-state index contributed by atoms with van der Waals surface area (Å²) in [6.07, 6.45) is 4.62. The largest absolute Gasteiger partial charge is 0.493 e. The highest BCUT2D eigenvalue weighted by atomic mass is 16.7. The highest BCUT2D eigenvalue weighted by Crippen LogP contribution is 2.27. The number of esters is 2. The van der Waals surface area contributed by atoms with E-state index in [-0.39, 0.29) is 5.57 Å². The summed E-state index contributed by atoms with van der Waals surface area (Å²) < 4.78 is 15.9. The lowest BCUT2D eigenvalue weighted by atomic mass is 10.1. The summed E-state index contributed by atoms with van der Waals surface area (Å²) >= 11 is 0. The van der Waals surface area contributed by atoms with E-state index >= 15 is 0 Å². The van der Waals surface area contributed by atoms with Crippen LogP contribution < -0.4 is 4.74 Å². The van der Waals surface area contributed by atoms with Crippen LogP contribution >= 0.6 is 0 Å². The average Bonchev–Trinajstić information content (AvgIpc) is 2.47. The van der Waals surface area contributed by atoms with Crippen LogP contribution in [0, 0.1) is 0 Å². The number of hydrogen-bond acceptors (Lipinski definition) is 5. The molecule has 1 heterocycles. The van der Waals surface area contributed by atoms with Gasteiger partial charge in [0.15, 0.2) is 0 Å². The van der Waals surface area contributed by atoms with Gasteiger partial charge in [-0.2, -0.15) is 0 Å². The summed E-state index contributed by atoms with van der Waals surface area (Å²) in [5, 5.41) is 0. The Morgan fingerprint density at radius 1 is 1.09 bits per heavy atom. The maximum atomic E-state index is 12.0. The van der Waals surface area contributed by atoms with Crippen molar-refractivity contribution in [3.05, 3.63) is 35.4 Å². The number of rotatable bonds is 6. The minimum absolute atomic E-state index is 0.131. The zero-order chi connectivity index (χ0) is 16.9. The van der Waals surface area contributed by atoms with Crippen molar-refractivity contribution in [2.45, 2.75) is 45.8 Å². The molecule has 0 atom stereocenters. The third-order valence-corrected chi connectivity index (χ3v) is 3.34. The Morgan fingerprint density at radius 3 is 2.39 bits per heavy atom. The molecule has 0 spiro atoms. The number of carbonyl (C=O) groups excluding carboxylic acids is 2. The lowest BCUT2D eigenvalue weighted by Crippen LogP contribution is -2.41. The van der Waals surface area contributed by atoms with Crippen LogP contribution in [0.1, 0.15) is 45.6 Å². The van der Waals surface area contributed by atoms with Crippen LogP contribution in [0.5, 0.6) is 5.75 Å². The molecular weight excluding hydrogens is 296 g/mol. The molecule has 1 aromatic rings. The molecule has 0 N–H and O–H groups in total. The van der Waals surface area contributed by atoms with Crippen molar-refractivity contribution in [1.29, 1.82) is 0 Å². The molecular formula is C18H22O5. The molecule has 1 aliphatic rings. The smallest absolute Gasteiger partial charge is 0.348 e. The van der Waals surface area contributed by atoms with E-state index in [1.54, 1.807) is 6.07 Å². The highest BCUT2D eigenvalue weighted by Gasteiger charge is 2.38. The molecule has 0 aliphatic carbocycles. The fraction of sp³-hybridized carbons (Fsp3) is 0.444. The van der Waals surface area contributed by atoms with Gasteiger partial charge in [-0.25, -0.2) is 9.59 Å². The van der Waals surface area contributed by atoms with Crippen LogP contribution in [-0.2, 0) is 19.1 Å². The molecule has 1 aromatic carbocycles. The van der Waals surface area contributed by atoms with E-state index in [0.717, 1.165) is 19.3 Å². The van der Waals surface area contributed by atoms with E-state index in [1.165, 1.54) is 19.9 Å². The number of hydrogen-bond donors (Lipinski definition) is 0. The summed E-state index contributed by atoms with van der Waals surface area (Å²) in [7, 11) is 0. The summed E-state index contributed by atoms with van der Waals surface area (Å²) in [6, 6.07) is 7.25. The second-order valence-corrected chi connectivity index (χ2v) is 5.83. The van der Waals surface area contributed by atoms with Gasteiger partial charge in [-0.1, -0.05) is 38.0 Å². The molecule has 0 amide bonds. The zero-order valence-corrected chi connectivity index (χ0v) is 13.8. The molecule has 1 fully saturated rings. The molecule has 0 unspecified atom stereocenters. The number of benzene rings is 1. The van der Waals surface area contributed by atoms with Gasteiger partial charge in [0.25, 0.3) is 5.79 Å². The van der Waals surface area contributed by atoms with Gasteiger partial charge >= 0.3 is 11.9 Å². The van der Waals surface area contributed by atoms with E-state index in [0.29, 0.717) is 17.9 Å². The molecule has 5 nitrogen and oxygen atoms in total. The van der Waals surface area contributed by atoms with Gasteiger partial charge in [0.1, 0.15) is 11.3 Å². The SMILES string of the molecule is CCCCCOc1ccccc1C=C1C(=O)OC(C)(C)OC1=O. The first-order valence-corrected chi connectivity index (χ1v) is 7.83. The Morgan fingerprint density at radius 2 is 1.74 bits per heavy atom. The van der Waals surface area contributed by atoms with Crippen molar-refractivity contribution in [3.63, 3.8) is 0 Å². The van der Waals surface area contributed by atoms with E-state index in [4.69, 9.17) is 14.2 Å². The Bertz CT molecular complexity index is 594. The first-order valence-electron chi connectivity index (χ1n) is 7.83. The maximum Gasteiger partial charge on any atom is 0.348 e. The number of carbonyl (C=O) groups is 2. The fourth-order valence-electron chi connectivity index (χ4n) is 2.20. The number of para-hydroxylation sites is 1. The third-order valence-electron chi connectivity index (χ3n) is 3.34. The maximum absolute atomic E-state index is 12.0. The minimum Gasteiger partial charge on any atom is -0.493 e. The molecule has 1 saturated heterocycles. The van der Waals surface area contributed by atoms with Crippen molar-refractivity contribution in [2.75, 3.05) is 6.61 Å². The molecule has 5 heteroatoms. The van der Waals surface area contributed by atoms with E-state index in [2.05, 4.69) is 6.92 Å². The van der Waals surface area contributed by atoms with Crippen LogP contribution in [0.3, 0.4) is 0 Å². The Labute approximate surface area is 136 Å². The van der Waals surface area contributed by atoms with Crippen LogP contribution in [-0.4, -0.2) is 24.3 Å². The molecule has 2 rings (SSSR count). The second-order valence-electron chi connectivity index (χ2n) is 5.83. The Kier molecular flexibility index (Phi) is 5.42. The van der Waals surface area contributed by atoms with E-state index in [1.807, 2.05) is 18.2 Å². The fourth-order valence-corrected chi connectivity index (χ4v) is 2.20. The molecule has 0 radical (unpaired) electrons. The lowest BCUT2D eigenvalue weighted by Gasteiger charge is -2.29. The highest BCUT2D eigenvalue weighted by molar-refractivity contribution is 6.19. The summed E-state index contributed by atoms with van der Waals surface area (Å²) in [4.78, 5) is 24.0. The van der Waals surface area contributed by atoms with Crippen molar-refractivity contribution in [2.24, 2.45) is 0 Å². The van der Waals surface area contributed by atoms with Gasteiger partial charge in [0, 0.05) is 19.4 Å². The minimum atomic E-state index is -1.23. The monoisotopic (exact) mass is 318 g/mol. The summed E-state index contributed by atoms with van der Waals surface area (Å²) in [5.74, 6) is -1.98. The zero-order valence-electron chi connectivity index (χ0n) is 13.8. The van der Waals surface area contributed by atoms with Gasteiger partial charge < -0.3 is 14.2 Å². The lowest BCUT2D eigenvalue weighted by molar-refractivity contribution is -0.222. The molecule has 0 aromatic heterocycles. The number of cyclic esters (lactones) is 2. The number of unbranched alkanes of at least 4 members (excludes halogenated alkanes) is 2. The second kappa shape index (κ2) is 7.31. The number of ether oxygens (including phenoxy) is 3. The predicted octanol–water partition coefficient (Wildman–Crippen LogP) is 3.48. The normalized spacial score (nSPS) is 16.6. The standard InChI is InChI=1S/C18H22O5/c1-4-5-8-11-21-15-10-7-6-9-13(15)12-14-16(19)22-18(2,3)23-17(14)20/h6-7,9-10,12H,4-5,8,11H2,1-3H3. The molecule has 1 aliphatic heterocycles. The molecule has 23 heavy (non-hydrogen) atoms. The molecule has 0 bridgehead atoms. The van der Waals surface area contributed by atoms with Crippen LogP contribution in [0.15, 0.2) is 29.8 Å². The third kappa shape index (κ3) is 4.58. The van der Waals surface area contributed by atoms with Gasteiger partial charge in [-0.15, -0.1) is 0 Å². The van der Waals surface area contributed by atoms with Crippen molar-refractivity contribution < 1.29 is 23.8 Å². The Balaban J connectivity index is 2.18. The average molecular weight is 318 g/mol. The summed E-state index contributed by atoms with van der Waals surface area (Å²) in [5.41, 5.74) is 0.515. The van der Waals surface area contributed by atoms with Gasteiger partial charge in [-0.3, -0.25) is 0 Å². The van der Waals surface area contributed by atoms with Gasteiger partial charge in [0.05, 0.1) is 6.61 Å². The first-order chi connectivity index (χ1) is 10.9. The van der Waals surface area contributed by atoms with Gasteiger partial charge in [0.2, 0.25) is 0 Å². The topological polar surface area (TPSA) is 61.8 Å². The van der Waals surface area contributed by atoms with Crippen molar-refractivity contribution in [3.8, 4) is 5.75 Å².